The molecule has 0 heterocycles. The van der Waals surface area contributed by atoms with Crippen LogP contribution in [-0.2, 0) is 9.53 Å². The molecule has 0 unspecified atom stereocenters. The first-order valence-electron chi connectivity index (χ1n) is 6.07. The van der Waals surface area contributed by atoms with Gasteiger partial charge in [0.05, 0.1) is 13.7 Å². The first kappa shape index (κ1) is 13.2. The first-order chi connectivity index (χ1) is 7.63. The Balaban J connectivity index is 2.53. The van der Waals surface area contributed by atoms with Crippen molar-refractivity contribution >= 4 is 5.97 Å². The summed E-state index contributed by atoms with van der Waals surface area (Å²) in [6.45, 7) is 5.46. The summed E-state index contributed by atoms with van der Waals surface area (Å²) in [6, 6.07) is 0.565. The highest BCUT2D eigenvalue weighted by molar-refractivity contribution is 5.71. The number of methoxy groups -OCH3 is 1. The van der Waals surface area contributed by atoms with Crippen LogP contribution in [0.25, 0.3) is 0 Å². The van der Waals surface area contributed by atoms with Crippen LogP contribution < -0.4 is 0 Å². The maximum absolute atomic E-state index is 11.3. The van der Waals surface area contributed by atoms with Crippen molar-refractivity contribution in [3.05, 3.63) is 11.6 Å². The van der Waals surface area contributed by atoms with Gasteiger partial charge < -0.3 is 4.74 Å². The molecule has 3 heteroatoms. The molecular formula is C13H23NO2. The summed E-state index contributed by atoms with van der Waals surface area (Å²) < 4.78 is 4.75. The van der Waals surface area contributed by atoms with E-state index in [0.717, 1.165) is 6.54 Å². The highest BCUT2D eigenvalue weighted by atomic mass is 16.5. The molecule has 1 aliphatic carbocycles. The zero-order valence-corrected chi connectivity index (χ0v) is 10.7. The van der Waals surface area contributed by atoms with Crippen molar-refractivity contribution in [3.63, 3.8) is 0 Å². The van der Waals surface area contributed by atoms with Crippen LogP contribution in [-0.4, -0.2) is 37.1 Å². The van der Waals surface area contributed by atoms with E-state index in [9.17, 15) is 4.79 Å². The number of hydrogen-bond acceptors (Lipinski definition) is 3. The van der Waals surface area contributed by atoms with E-state index in [1.54, 1.807) is 0 Å². The molecule has 0 aliphatic heterocycles. The summed E-state index contributed by atoms with van der Waals surface area (Å²) >= 11 is 0. The van der Waals surface area contributed by atoms with Gasteiger partial charge in [0.1, 0.15) is 0 Å². The summed E-state index contributed by atoms with van der Waals surface area (Å²) in [7, 11) is 1.45. The van der Waals surface area contributed by atoms with Crippen molar-refractivity contribution in [2.75, 3.05) is 20.2 Å². The van der Waals surface area contributed by atoms with Gasteiger partial charge in [-0.2, -0.15) is 0 Å². The van der Waals surface area contributed by atoms with Crippen LogP contribution in [0.5, 0.6) is 0 Å². The number of ether oxygens (including phenoxy) is 1. The van der Waals surface area contributed by atoms with Crippen LogP contribution in [0.15, 0.2) is 11.6 Å². The third kappa shape index (κ3) is 4.35. The fraction of sp³-hybridized carbons (Fsp3) is 0.769. The molecule has 0 atom stereocenters. The summed E-state index contributed by atoms with van der Waals surface area (Å²) in [5, 5.41) is 0. The van der Waals surface area contributed by atoms with E-state index in [1.807, 2.05) is 0 Å². The smallest absolute Gasteiger partial charge is 0.319 e. The molecule has 1 saturated carbocycles. The third-order valence-corrected chi connectivity index (χ3v) is 3.13. The Kier molecular flexibility index (Phi) is 5.53. The molecule has 16 heavy (non-hydrogen) atoms. The molecule has 0 N–H and O–H groups in total. The lowest BCUT2D eigenvalue weighted by Crippen LogP contribution is -2.38. The minimum atomic E-state index is -0.131. The standard InChI is InChI=1S/C13H23NO2/c1-11(2)8-9-14(10-13(15)16-3)12-6-4-5-7-12/h8,12H,4-7,9-10H2,1-3H3. The molecule has 3 nitrogen and oxygen atoms in total. The third-order valence-electron chi connectivity index (χ3n) is 3.13. The van der Waals surface area contributed by atoms with Gasteiger partial charge in [-0.05, 0) is 26.7 Å². The molecule has 0 amide bonds. The largest absolute Gasteiger partial charge is 0.468 e. The summed E-state index contributed by atoms with van der Waals surface area (Å²) in [5.41, 5.74) is 1.30. The van der Waals surface area contributed by atoms with Gasteiger partial charge in [0, 0.05) is 12.6 Å². The Morgan fingerprint density at radius 3 is 2.50 bits per heavy atom. The van der Waals surface area contributed by atoms with Gasteiger partial charge in [-0.25, -0.2) is 0 Å². The van der Waals surface area contributed by atoms with E-state index in [4.69, 9.17) is 4.74 Å². The summed E-state index contributed by atoms with van der Waals surface area (Å²) in [5.74, 6) is -0.131. The average molecular weight is 225 g/mol. The van der Waals surface area contributed by atoms with Crippen molar-refractivity contribution in [2.45, 2.75) is 45.6 Å². The number of esters is 1. The first-order valence-corrected chi connectivity index (χ1v) is 6.07. The van der Waals surface area contributed by atoms with Crippen molar-refractivity contribution in [1.29, 1.82) is 0 Å². The molecule has 0 spiro atoms. The number of allylic oxidation sites excluding steroid dienone is 1. The lowest BCUT2D eigenvalue weighted by atomic mass is 10.2. The van der Waals surface area contributed by atoms with Crippen LogP contribution in [0.1, 0.15) is 39.5 Å². The normalized spacial score (nSPS) is 16.5. The van der Waals surface area contributed by atoms with E-state index in [-0.39, 0.29) is 5.97 Å². The molecule has 1 rings (SSSR count). The van der Waals surface area contributed by atoms with Crippen LogP contribution in [0.3, 0.4) is 0 Å². The Labute approximate surface area is 98.5 Å². The molecule has 0 aromatic carbocycles. The van der Waals surface area contributed by atoms with Crippen molar-refractivity contribution < 1.29 is 9.53 Å². The second kappa shape index (κ2) is 6.69. The topological polar surface area (TPSA) is 29.5 Å². The predicted octanol–water partition coefficient (Wildman–Crippen LogP) is 2.37. The second-order valence-electron chi connectivity index (χ2n) is 4.73. The Morgan fingerprint density at radius 1 is 1.38 bits per heavy atom. The van der Waals surface area contributed by atoms with Crippen LogP contribution in [0.4, 0.5) is 0 Å². The van der Waals surface area contributed by atoms with Crippen molar-refractivity contribution in [2.24, 2.45) is 0 Å². The van der Waals surface area contributed by atoms with Gasteiger partial charge in [0.25, 0.3) is 0 Å². The minimum Gasteiger partial charge on any atom is -0.468 e. The van der Waals surface area contributed by atoms with Gasteiger partial charge in [-0.15, -0.1) is 0 Å². The van der Waals surface area contributed by atoms with E-state index < -0.39 is 0 Å². The molecule has 0 radical (unpaired) electrons. The number of hydrogen-bond donors (Lipinski definition) is 0. The minimum absolute atomic E-state index is 0.131. The number of rotatable bonds is 5. The highest BCUT2D eigenvalue weighted by Gasteiger charge is 2.23. The Morgan fingerprint density at radius 2 is 2.00 bits per heavy atom. The molecular weight excluding hydrogens is 202 g/mol. The summed E-state index contributed by atoms with van der Waals surface area (Å²) in [4.78, 5) is 13.6. The SMILES string of the molecule is COC(=O)CN(CC=C(C)C)C1CCCC1. The Hall–Kier alpha value is -0.830. The van der Waals surface area contributed by atoms with Crippen LogP contribution in [0.2, 0.25) is 0 Å². The lowest BCUT2D eigenvalue weighted by Gasteiger charge is -2.26. The van der Waals surface area contributed by atoms with Gasteiger partial charge >= 0.3 is 5.97 Å². The maximum atomic E-state index is 11.3. The van der Waals surface area contributed by atoms with E-state index in [0.29, 0.717) is 12.6 Å². The number of carbonyl (C=O) groups is 1. The molecule has 1 fully saturated rings. The average Bonchev–Trinajstić information content (AvgIpc) is 2.76. The van der Waals surface area contributed by atoms with Gasteiger partial charge in [0.2, 0.25) is 0 Å². The van der Waals surface area contributed by atoms with Gasteiger partial charge in [0.15, 0.2) is 0 Å². The summed E-state index contributed by atoms with van der Waals surface area (Å²) in [6.07, 6.45) is 7.19. The predicted molar refractivity (Wildman–Crippen MR) is 65.3 cm³/mol. The van der Waals surface area contributed by atoms with Gasteiger partial charge in [-0.3, -0.25) is 9.69 Å². The molecule has 92 valence electrons. The molecule has 0 aromatic heterocycles. The van der Waals surface area contributed by atoms with Crippen LogP contribution >= 0.6 is 0 Å². The zero-order valence-electron chi connectivity index (χ0n) is 10.7. The highest BCUT2D eigenvalue weighted by Crippen LogP contribution is 2.23. The maximum Gasteiger partial charge on any atom is 0.319 e. The molecule has 0 aromatic rings. The Bertz CT molecular complexity index is 251. The monoisotopic (exact) mass is 225 g/mol. The number of carbonyl (C=O) groups excluding carboxylic acids is 1. The lowest BCUT2D eigenvalue weighted by molar-refractivity contribution is -0.142. The van der Waals surface area contributed by atoms with E-state index in [2.05, 4.69) is 24.8 Å². The fourth-order valence-corrected chi connectivity index (χ4v) is 2.14. The zero-order chi connectivity index (χ0) is 12.0. The molecule has 0 saturated heterocycles. The number of nitrogens with zero attached hydrogens (tertiary/aromatic N) is 1. The van der Waals surface area contributed by atoms with Crippen molar-refractivity contribution in [1.82, 2.24) is 4.90 Å². The fourth-order valence-electron chi connectivity index (χ4n) is 2.14. The van der Waals surface area contributed by atoms with Crippen LogP contribution in [0, 0.1) is 0 Å². The van der Waals surface area contributed by atoms with E-state index in [1.165, 1.54) is 38.4 Å². The molecule has 1 aliphatic rings. The quantitative estimate of drug-likeness (QED) is 0.531. The molecule has 0 bridgehead atoms. The van der Waals surface area contributed by atoms with Crippen molar-refractivity contribution in [3.8, 4) is 0 Å². The van der Waals surface area contributed by atoms with Gasteiger partial charge in [-0.1, -0.05) is 24.5 Å². The van der Waals surface area contributed by atoms with E-state index >= 15 is 0 Å². The second-order valence-corrected chi connectivity index (χ2v) is 4.73.